The van der Waals surface area contributed by atoms with Crippen molar-refractivity contribution in [3.05, 3.63) is 89.9 Å². The summed E-state index contributed by atoms with van der Waals surface area (Å²) in [5.41, 5.74) is 1.51. The van der Waals surface area contributed by atoms with Crippen molar-refractivity contribution in [3.63, 3.8) is 0 Å². The highest BCUT2D eigenvalue weighted by Crippen LogP contribution is 2.32. The molecule has 1 aromatic heterocycles. The van der Waals surface area contributed by atoms with Gasteiger partial charge in [-0.05, 0) is 74.5 Å². The van der Waals surface area contributed by atoms with Crippen LogP contribution in [-0.4, -0.2) is 17.9 Å². The van der Waals surface area contributed by atoms with Gasteiger partial charge in [0.1, 0.15) is 22.8 Å². The van der Waals surface area contributed by atoms with Crippen molar-refractivity contribution in [2.24, 2.45) is 0 Å². The molecular weight excluding hydrogens is 411 g/mol. The second-order valence-electron chi connectivity index (χ2n) is 7.41. The highest BCUT2D eigenvalue weighted by Gasteiger charge is 2.23. The van der Waals surface area contributed by atoms with E-state index in [2.05, 4.69) is 10.6 Å². The first-order chi connectivity index (χ1) is 15.4. The first-order valence-electron chi connectivity index (χ1n) is 10.1. The van der Waals surface area contributed by atoms with E-state index in [4.69, 9.17) is 9.15 Å². The fourth-order valence-electron chi connectivity index (χ4n) is 3.19. The van der Waals surface area contributed by atoms with Gasteiger partial charge in [-0.3, -0.25) is 9.59 Å². The molecule has 0 bridgehead atoms. The molecule has 0 saturated carbocycles. The largest absolute Gasteiger partial charge is 0.491 e. The second-order valence-corrected chi connectivity index (χ2v) is 7.41. The number of furan rings is 1. The number of carbonyl (C=O) groups is 2. The van der Waals surface area contributed by atoms with Gasteiger partial charge < -0.3 is 19.8 Å². The number of anilines is 2. The summed E-state index contributed by atoms with van der Waals surface area (Å²) in [6, 6.07) is 19.1. The lowest BCUT2D eigenvalue weighted by atomic mass is 10.1. The third kappa shape index (κ3) is 4.62. The van der Waals surface area contributed by atoms with Crippen LogP contribution in [0.25, 0.3) is 11.0 Å². The van der Waals surface area contributed by atoms with Crippen LogP contribution in [0.1, 0.15) is 34.8 Å². The summed E-state index contributed by atoms with van der Waals surface area (Å²) in [6.45, 7) is 3.84. The average molecular weight is 432 g/mol. The molecule has 7 heteroatoms. The summed E-state index contributed by atoms with van der Waals surface area (Å²) < 4.78 is 24.5. The summed E-state index contributed by atoms with van der Waals surface area (Å²) >= 11 is 0. The number of para-hydroxylation sites is 1. The number of hydrogen-bond acceptors (Lipinski definition) is 4. The van der Waals surface area contributed by atoms with E-state index in [-0.39, 0.29) is 17.6 Å². The molecule has 32 heavy (non-hydrogen) atoms. The van der Waals surface area contributed by atoms with Crippen LogP contribution < -0.4 is 15.4 Å². The Morgan fingerprint density at radius 2 is 1.56 bits per heavy atom. The molecule has 6 nitrogen and oxygen atoms in total. The standard InChI is InChI=1S/C25H21FN2O4/c1-15(2)31-19-13-7-16(8-14-19)24(29)28-22-20-5-3-4-6-21(20)32-23(22)25(30)27-18-11-9-17(26)10-12-18/h3-15H,1-2H3,(H,27,30)(H,28,29). The normalized spacial score (nSPS) is 10.9. The van der Waals surface area contributed by atoms with Gasteiger partial charge in [-0.15, -0.1) is 0 Å². The number of hydrogen-bond donors (Lipinski definition) is 2. The van der Waals surface area contributed by atoms with Crippen molar-refractivity contribution < 1.29 is 23.1 Å². The predicted molar refractivity (Wildman–Crippen MR) is 121 cm³/mol. The summed E-state index contributed by atoms with van der Waals surface area (Å²) in [4.78, 5) is 25.8. The quantitative estimate of drug-likeness (QED) is 0.400. The van der Waals surface area contributed by atoms with Crippen molar-refractivity contribution in [1.82, 2.24) is 0 Å². The third-order valence-corrected chi connectivity index (χ3v) is 4.63. The molecule has 0 saturated heterocycles. The molecule has 0 fully saturated rings. The van der Waals surface area contributed by atoms with Gasteiger partial charge in [0.05, 0.1) is 6.10 Å². The highest BCUT2D eigenvalue weighted by atomic mass is 19.1. The summed E-state index contributed by atoms with van der Waals surface area (Å²) in [6.07, 6.45) is 0.0224. The molecule has 162 valence electrons. The summed E-state index contributed by atoms with van der Waals surface area (Å²) in [5.74, 6) is -0.773. The zero-order valence-corrected chi connectivity index (χ0v) is 17.5. The Hall–Kier alpha value is -4.13. The van der Waals surface area contributed by atoms with Crippen LogP contribution in [0.3, 0.4) is 0 Å². The average Bonchev–Trinajstić information content (AvgIpc) is 3.14. The maximum Gasteiger partial charge on any atom is 0.293 e. The van der Waals surface area contributed by atoms with Crippen LogP contribution >= 0.6 is 0 Å². The Balaban J connectivity index is 1.62. The van der Waals surface area contributed by atoms with Gasteiger partial charge in [0.2, 0.25) is 5.76 Å². The Morgan fingerprint density at radius 3 is 2.25 bits per heavy atom. The maximum atomic E-state index is 13.2. The number of amides is 2. The number of benzene rings is 3. The number of nitrogens with one attached hydrogen (secondary N) is 2. The predicted octanol–water partition coefficient (Wildman–Crippen LogP) is 5.86. The van der Waals surface area contributed by atoms with E-state index >= 15 is 0 Å². The molecule has 0 radical (unpaired) electrons. The number of carbonyl (C=O) groups excluding carboxylic acids is 2. The Bertz CT molecular complexity index is 1260. The van der Waals surface area contributed by atoms with Gasteiger partial charge in [-0.1, -0.05) is 12.1 Å². The van der Waals surface area contributed by atoms with Crippen molar-refractivity contribution in [1.29, 1.82) is 0 Å². The molecule has 0 atom stereocenters. The van der Waals surface area contributed by atoms with Gasteiger partial charge in [-0.25, -0.2) is 4.39 Å². The number of halogens is 1. The monoisotopic (exact) mass is 432 g/mol. The van der Waals surface area contributed by atoms with E-state index in [1.165, 1.54) is 24.3 Å². The molecule has 0 aliphatic heterocycles. The molecule has 2 N–H and O–H groups in total. The number of fused-ring (bicyclic) bond motifs is 1. The van der Waals surface area contributed by atoms with Crippen LogP contribution in [0.2, 0.25) is 0 Å². The van der Waals surface area contributed by atoms with Crippen LogP contribution in [0.15, 0.2) is 77.2 Å². The second kappa shape index (κ2) is 8.93. The highest BCUT2D eigenvalue weighted by molar-refractivity contribution is 6.16. The smallest absolute Gasteiger partial charge is 0.293 e. The molecule has 0 spiro atoms. The number of rotatable bonds is 6. The number of ether oxygens (including phenoxy) is 1. The van der Waals surface area contributed by atoms with E-state index < -0.39 is 17.6 Å². The molecule has 1 heterocycles. The van der Waals surface area contributed by atoms with E-state index in [1.807, 2.05) is 13.8 Å². The fourth-order valence-corrected chi connectivity index (χ4v) is 3.19. The topological polar surface area (TPSA) is 80.6 Å². The van der Waals surface area contributed by atoms with Gasteiger partial charge in [0, 0.05) is 16.6 Å². The lowest BCUT2D eigenvalue weighted by Gasteiger charge is -2.10. The minimum atomic E-state index is -0.566. The van der Waals surface area contributed by atoms with Crippen LogP contribution in [0.4, 0.5) is 15.8 Å². The first kappa shape index (κ1) is 21.1. The molecule has 0 aliphatic carbocycles. The molecule has 0 unspecified atom stereocenters. The lowest BCUT2D eigenvalue weighted by molar-refractivity contribution is 0.0999. The Kier molecular flexibility index (Phi) is 5.89. The maximum absolute atomic E-state index is 13.2. The molecular formula is C25H21FN2O4. The molecule has 4 rings (SSSR count). The van der Waals surface area contributed by atoms with Crippen LogP contribution in [0, 0.1) is 5.82 Å². The van der Waals surface area contributed by atoms with E-state index in [0.717, 1.165) is 0 Å². The minimum Gasteiger partial charge on any atom is -0.491 e. The SMILES string of the molecule is CC(C)Oc1ccc(C(=O)Nc2c(C(=O)Nc3ccc(F)cc3)oc3ccccc23)cc1. The lowest BCUT2D eigenvalue weighted by Crippen LogP contribution is -2.17. The summed E-state index contributed by atoms with van der Waals surface area (Å²) in [7, 11) is 0. The van der Waals surface area contributed by atoms with Crippen LogP contribution in [0.5, 0.6) is 5.75 Å². The fraction of sp³-hybridized carbons (Fsp3) is 0.120. The van der Waals surface area contributed by atoms with E-state index in [9.17, 15) is 14.0 Å². The molecule has 3 aromatic carbocycles. The van der Waals surface area contributed by atoms with Crippen LogP contribution in [-0.2, 0) is 0 Å². The molecule has 4 aromatic rings. The van der Waals surface area contributed by atoms with Gasteiger partial charge >= 0.3 is 0 Å². The first-order valence-corrected chi connectivity index (χ1v) is 10.1. The zero-order chi connectivity index (χ0) is 22.7. The third-order valence-electron chi connectivity index (χ3n) is 4.63. The van der Waals surface area contributed by atoms with Crippen molar-refractivity contribution in [2.75, 3.05) is 10.6 Å². The zero-order valence-electron chi connectivity index (χ0n) is 17.5. The van der Waals surface area contributed by atoms with Gasteiger partial charge in [0.25, 0.3) is 11.8 Å². The van der Waals surface area contributed by atoms with E-state index in [1.54, 1.807) is 48.5 Å². The van der Waals surface area contributed by atoms with Crippen molar-refractivity contribution in [3.8, 4) is 5.75 Å². The molecule has 2 amide bonds. The Labute approximate surface area is 184 Å². The van der Waals surface area contributed by atoms with Gasteiger partial charge in [0.15, 0.2) is 0 Å². The summed E-state index contributed by atoms with van der Waals surface area (Å²) in [5, 5.41) is 6.04. The van der Waals surface area contributed by atoms with Gasteiger partial charge in [-0.2, -0.15) is 0 Å². The minimum absolute atomic E-state index is 0.0224. The van der Waals surface area contributed by atoms with E-state index in [0.29, 0.717) is 28.0 Å². The molecule has 0 aliphatic rings. The Morgan fingerprint density at radius 1 is 0.875 bits per heavy atom. The van der Waals surface area contributed by atoms with Crippen molar-refractivity contribution >= 4 is 34.2 Å². The van der Waals surface area contributed by atoms with Crippen molar-refractivity contribution in [2.45, 2.75) is 20.0 Å².